The third kappa shape index (κ3) is 6.06. The average Bonchev–Trinajstić information content (AvgIpc) is 2.61. The Morgan fingerprint density at radius 2 is 1.70 bits per heavy atom. The van der Waals surface area contributed by atoms with Gasteiger partial charge in [0.1, 0.15) is 5.75 Å². The van der Waals surface area contributed by atoms with Gasteiger partial charge in [0.2, 0.25) is 5.91 Å². The van der Waals surface area contributed by atoms with Crippen molar-refractivity contribution in [1.29, 1.82) is 0 Å². The summed E-state index contributed by atoms with van der Waals surface area (Å²) >= 11 is 0. The summed E-state index contributed by atoms with van der Waals surface area (Å²) in [7, 11) is 0. The molecule has 27 heavy (non-hydrogen) atoms. The highest BCUT2D eigenvalue weighted by Gasteiger charge is 2.19. The van der Waals surface area contributed by atoms with Crippen LogP contribution in [-0.4, -0.2) is 25.0 Å². The maximum Gasteiger partial charge on any atom is 0.258 e. The quantitative estimate of drug-likeness (QED) is 0.812. The number of rotatable bonds is 6. The summed E-state index contributed by atoms with van der Waals surface area (Å²) in [6.07, 6.45) is 0. The van der Waals surface area contributed by atoms with E-state index in [2.05, 4.69) is 10.6 Å². The standard InChI is InChI=1S/C20H22F2N2O3/c1-20(2,3)14-6-4-5-7-17(14)27-12-19(26)23-11-18(25)24-13-8-9-15(21)16(22)10-13/h4-10H,11-12H2,1-3H3,(H,23,26)(H,24,25). The molecular weight excluding hydrogens is 354 g/mol. The fourth-order valence-corrected chi connectivity index (χ4v) is 2.36. The van der Waals surface area contributed by atoms with Gasteiger partial charge in [-0.3, -0.25) is 9.59 Å². The Kier molecular flexibility index (Phi) is 6.50. The maximum atomic E-state index is 13.1. The van der Waals surface area contributed by atoms with Crippen molar-refractivity contribution in [3.8, 4) is 5.75 Å². The summed E-state index contributed by atoms with van der Waals surface area (Å²) in [6, 6.07) is 10.4. The van der Waals surface area contributed by atoms with Crippen LogP contribution < -0.4 is 15.4 Å². The summed E-state index contributed by atoms with van der Waals surface area (Å²) in [5.74, 6) is -2.51. The van der Waals surface area contributed by atoms with Crippen LogP contribution in [0.2, 0.25) is 0 Å². The second kappa shape index (κ2) is 8.62. The molecule has 0 heterocycles. The second-order valence-corrected chi connectivity index (χ2v) is 6.99. The summed E-state index contributed by atoms with van der Waals surface area (Å²) in [5, 5.41) is 4.78. The highest BCUT2D eigenvalue weighted by Crippen LogP contribution is 2.30. The van der Waals surface area contributed by atoms with Crippen LogP contribution in [0.4, 0.5) is 14.5 Å². The highest BCUT2D eigenvalue weighted by molar-refractivity contribution is 5.94. The molecular formula is C20H22F2N2O3. The first kappa shape index (κ1) is 20.4. The number of hydrogen-bond acceptors (Lipinski definition) is 3. The van der Waals surface area contributed by atoms with E-state index in [1.54, 1.807) is 6.07 Å². The lowest BCUT2D eigenvalue weighted by Gasteiger charge is -2.22. The Morgan fingerprint density at radius 3 is 2.37 bits per heavy atom. The summed E-state index contributed by atoms with van der Waals surface area (Å²) < 4.78 is 31.5. The predicted molar refractivity (Wildman–Crippen MR) is 98.6 cm³/mol. The molecule has 0 radical (unpaired) electrons. The monoisotopic (exact) mass is 376 g/mol. The van der Waals surface area contributed by atoms with Gasteiger partial charge in [0, 0.05) is 11.8 Å². The largest absolute Gasteiger partial charge is 0.483 e. The molecule has 0 fully saturated rings. The topological polar surface area (TPSA) is 67.4 Å². The number of ether oxygens (including phenoxy) is 1. The van der Waals surface area contributed by atoms with E-state index in [4.69, 9.17) is 4.74 Å². The van der Waals surface area contributed by atoms with E-state index in [1.165, 1.54) is 6.07 Å². The first-order chi connectivity index (χ1) is 12.7. The van der Waals surface area contributed by atoms with Gasteiger partial charge in [0.15, 0.2) is 18.2 Å². The normalized spacial score (nSPS) is 11.0. The van der Waals surface area contributed by atoms with Crippen molar-refractivity contribution in [3.05, 3.63) is 59.7 Å². The number of nitrogens with one attached hydrogen (secondary N) is 2. The molecule has 5 nitrogen and oxygen atoms in total. The molecule has 2 aromatic rings. The van der Waals surface area contributed by atoms with Crippen molar-refractivity contribution < 1.29 is 23.1 Å². The van der Waals surface area contributed by atoms with Crippen LogP contribution in [0, 0.1) is 11.6 Å². The van der Waals surface area contributed by atoms with Crippen molar-refractivity contribution in [3.63, 3.8) is 0 Å². The van der Waals surface area contributed by atoms with Gasteiger partial charge in [0.25, 0.3) is 5.91 Å². The summed E-state index contributed by atoms with van der Waals surface area (Å²) in [5.41, 5.74) is 0.926. The molecule has 0 spiro atoms. The summed E-state index contributed by atoms with van der Waals surface area (Å²) in [4.78, 5) is 23.7. The van der Waals surface area contributed by atoms with Gasteiger partial charge >= 0.3 is 0 Å². The molecule has 0 bridgehead atoms. The number of carbonyl (C=O) groups is 2. The molecule has 0 aliphatic rings. The number of hydrogen-bond donors (Lipinski definition) is 2. The van der Waals surface area contributed by atoms with E-state index < -0.39 is 23.4 Å². The van der Waals surface area contributed by atoms with Crippen LogP contribution >= 0.6 is 0 Å². The Morgan fingerprint density at radius 1 is 1.00 bits per heavy atom. The third-order valence-corrected chi connectivity index (χ3v) is 3.70. The number of carbonyl (C=O) groups excluding carboxylic acids is 2. The van der Waals surface area contributed by atoms with Crippen LogP contribution in [0.3, 0.4) is 0 Å². The van der Waals surface area contributed by atoms with Crippen molar-refractivity contribution in [2.75, 3.05) is 18.5 Å². The maximum absolute atomic E-state index is 13.1. The van der Waals surface area contributed by atoms with Gasteiger partial charge in [0.05, 0.1) is 6.54 Å². The molecule has 144 valence electrons. The lowest BCUT2D eigenvalue weighted by Crippen LogP contribution is -2.36. The van der Waals surface area contributed by atoms with Crippen LogP contribution in [0.1, 0.15) is 26.3 Å². The average molecular weight is 376 g/mol. The van der Waals surface area contributed by atoms with Crippen LogP contribution in [0.25, 0.3) is 0 Å². The van der Waals surface area contributed by atoms with Gasteiger partial charge in [-0.15, -0.1) is 0 Å². The molecule has 7 heteroatoms. The molecule has 0 saturated carbocycles. The molecule has 2 rings (SSSR count). The van der Waals surface area contributed by atoms with E-state index in [1.807, 2.05) is 39.0 Å². The van der Waals surface area contributed by atoms with Crippen LogP contribution in [0.5, 0.6) is 5.75 Å². The zero-order valence-corrected chi connectivity index (χ0v) is 15.4. The molecule has 0 unspecified atom stereocenters. The van der Waals surface area contributed by atoms with Gasteiger partial charge < -0.3 is 15.4 Å². The Bertz CT molecular complexity index is 832. The minimum absolute atomic E-state index is 0.100. The molecule has 0 aliphatic carbocycles. The third-order valence-electron chi connectivity index (χ3n) is 3.70. The summed E-state index contributed by atoms with van der Waals surface area (Å²) in [6.45, 7) is 5.56. The molecule has 2 amide bonds. The molecule has 2 aromatic carbocycles. The highest BCUT2D eigenvalue weighted by atomic mass is 19.2. The van der Waals surface area contributed by atoms with Crippen LogP contribution in [0.15, 0.2) is 42.5 Å². The Labute approximate surface area is 156 Å². The Hall–Kier alpha value is -2.96. The number of benzene rings is 2. The van der Waals surface area contributed by atoms with Crippen LogP contribution in [-0.2, 0) is 15.0 Å². The van der Waals surface area contributed by atoms with Crippen molar-refractivity contribution in [2.45, 2.75) is 26.2 Å². The van der Waals surface area contributed by atoms with E-state index in [-0.39, 0.29) is 24.3 Å². The molecule has 0 saturated heterocycles. The Balaban J connectivity index is 1.83. The van der Waals surface area contributed by atoms with Gasteiger partial charge in [-0.1, -0.05) is 39.0 Å². The SMILES string of the molecule is CC(C)(C)c1ccccc1OCC(=O)NCC(=O)Nc1ccc(F)c(F)c1. The van der Waals surface area contributed by atoms with Crippen molar-refractivity contribution in [1.82, 2.24) is 5.32 Å². The first-order valence-electron chi connectivity index (χ1n) is 8.41. The van der Waals surface area contributed by atoms with Crippen molar-refractivity contribution in [2.24, 2.45) is 0 Å². The van der Waals surface area contributed by atoms with Crippen molar-refractivity contribution >= 4 is 17.5 Å². The minimum Gasteiger partial charge on any atom is -0.483 e. The number of anilines is 1. The minimum atomic E-state index is -1.07. The van der Waals surface area contributed by atoms with E-state index in [9.17, 15) is 18.4 Å². The molecule has 0 atom stereocenters. The van der Waals surface area contributed by atoms with Gasteiger partial charge in [-0.2, -0.15) is 0 Å². The molecule has 2 N–H and O–H groups in total. The number of amides is 2. The smallest absolute Gasteiger partial charge is 0.258 e. The van der Waals surface area contributed by atoms with E-state index in [0.717, 1.165) is 17.7 Å². The number of halogens is 2. The zero-order chi connectivity index (χ0) is 20.0. The number of para-hydroxylation sites is 1. The fourth-order valence-electron chi connectivity index (χ4n) is 2.36. The lowest BCUT2D eigenvalue weighted by molar-refractivity contribution is -0.125. The van der Waals surface area contributed by atoms with E-state index >= 15 is 0 Å². The molecule has 0 aromatic heterocycles. The zero-order valence-electron chi connectivity index (χ0n) is 15.4. The second-order valence-electron chi connectivity index (χ2n) is 6.99. The van der Waals surface area contributed by atoms with Gasteiger partial charge in [-0.05, 0) is 29.2 Å². The molecule has 0 aliphatic heterocycles. The lowest BCUT2D eigenvalue weighted by atomic mass is 9.86. The fraction of sp³-hybridized carbons (Fsp3) is 0.300. The van der Waals surface area contributed by atoms with E-state index in [0.29, 0.717) is 5.75 Å². The van der Waals surface area contributed by atoms with Gasteiger partial charge in [-0.25, -0.2) is 8.78 Å². The predicted octanol–water partition coefficient (Wildman–Crippen LogP) is 3.40. The first-order valence-corrected chi connectivity index (χ1v) is 8.41.